The number of aromatic carboxylic acids is 1. The van der Waals surface area contributed by atoms with Gasteiger partial charge in [-0.05, 0) is 73.6 Å². The van der Waals surface area contributed by atoms with E-state index in [1.807, 2.05) is 19.1 Å². The molecule has 0 radical (unpaired) electrons. The number of carbonyl (C=O) groups is 2. The van der Waals surface area contributed by atoms with Crippen LogP contribution in [0.25, 0.3) is 0 Å². The Hall–Kier alpha value is -3.08. The van der Waals surface area contributed by atoms with E-state index >= 15 is 0 Å². The first-order valence-corrected chi connectivity index (χ1v) is 9.42. The minimum absolute atomic E-state index is 0.0329. The molecular formula is C23H25NO4. The van der Waals surface area contributed by atoms with Gasteiger partial charge < -0.3 is 15.2 Å². The number of rotatable bonds is 7. The van der Waals surface area contributed by atoms with Crippen molar-refractivity contribution in [2.75, 3.05) is 7.11 Å². The fourth-order valence-electron chi connectivity index (χ4n) is 3.62. The van der Waals surface area contributed by atoms with Gasteiger partial charge in [-0.1, -0.05) is 23.8 Å². The van der Waals surface area contributed by atoms with Gasteiger partial charge in [-0.25, -0.2) is 4.79 Å². The smallest absolute Gasteiger partial charge is 0.335 e. The van der Waals surface area contributed by atoms with Gasteiger partial charge in [0.2, 0.25) is 5.91 Å². The van der Waals surface area contributed by atoms with Crippen LogP contribution in [0.1, 0.15) is 46.3 Å². The maximum absolute atomic E-state index is 12.7. The molecule has 1 aliphatic rings. The SMILES string of the molecule is COc1cc(C)cc(CC2=C(C(=O)NCc3ccc(C(=O)O)cc3)CCC2)c1. The highest BCUT2D eigenvalue weighted by atomic mass is 16.5. The zero-order valence-corrected chi connectivity index (χ0v) is 16.2. The first kappa shape index (κ1) is 19.7. The Morgan fingerprint density at radius 1 is 1.07 bits per heavy atom. The summed E-state index contributed by atoms with van der Waals surface area (Å²) in [7, 11) is 1.66. The van der Waals surface area contributed by atoms with Crippen LogP contribution in [0.2, 0.25) is 0 Å². The number of hydrogen-bond donors (Lipinski definition) is 2. The van der Waals surface area contributed by atoms with Crippen molar-refractivity contribution >= 4 is 11.9 Å². The molecule has 1 amide bonds. The lowest BCUT2D eigenvalue weighted by Gasteiger charge is -2.11. The van der Waals surface area contributed by atoms with E-state index in [-0.39, 0.29) is 11.5 Å². The Kier molecular flexibility index (Phi) is 6.14. The molecule has 0 unspecified atom stereocenters. The summed E-state index contributed by atoms with van der Waals surface area (Å²) in [4.78, 5) is 23.6. The van der Waals surface area contributed by atoms with Gasteiger partial charge in [0.1, 0.15) is 5.75 Å². The summed E-state index contributed by atoms with van der Waals surface area (Å²) in [6.07, 6.45) is 3.48. The van der Waals surface area contributed by atoms with Gasteiger partial charge in [0.05, 0.1) is 12.7 Å². The number of carboxylic acid groups (broad SMARTS) is 1. The third-order valence-corrected chi connectivity index (χ3v) is 5.02. The lowest BCUT2D eigenvalue weighted by molar-refractivity contribution is -0.117. The molecule has 0 aliphatic heterocycles. The molecule has 0 bridgehead atoms. The predicted octanol–water partition coefficient (Wildman–Crippen LogP) is 4.04. The van der Waals surface area contributed by atoms with E-state index in [2.05, 4.69) is 11.4 Å². The third-order valence-electron chi connectivity index (χ3n) is 5.02. The number of nitrogens with one attached hydrogen (secondary N) is 1. The predicted molar refractivity (Wildman–Crippen MR) is 108 cm³/mol. The molecular weight excluding hydrogens is 354 g/mol. The standard InChI is InChI=1S/C23H25NO4/c1-15-10-17(13-20(11-15)28-2)12-19-4-3-5-21(19)22(25)24-14-16-6-8-18(9-7-16)23(26)27/h6-11,13H,3-5,12,14H2,1-2H3,(H,24,25)(H,26,27). The zero-order valence-electron chi connectivity index (χ0n) is 16.2. The molecule has 0 spiro atoms. The summed E-state index contributed by atoms with van der Waals surface area (Å²) in [5.74, 6) is -0.150. The molecule has 28 heavy (non-hydrogen) atoms. The number of hydrogen-bond acceptors (Lipinski definition) is 3. The minimum Gasteiger partial charge on any atom is -0.497 e. The van der Waals surface area contributed by atoms with E-state index in [4.69, 9.17) is 9.84 Å². The Balaban J connectivity index is 1.67. The molecule has 2 aromatic rings. The normalized spacial score (nSPS) is 13.5. The fourth-order valence-corrected chi connectivity index (χ4v) is 3.62. The van der Waals surface area contributed by atoms with Crippen LogP contribution in [0.4, 0.5) is 0 Å². The van der Waals surface area contributed by atoms with Crippen molar-refractivity contribution in [3.05, 3.63) is 75.9 Å². The number of carbonyl (C=O) groups excluding carboxylic acids is 1. The Morgan fingerprint density at radius 2 is 1.82 bits per heavy atom. The van der Waals surface area contributed by atoms with Crippen LogP contribution in [-0.2, 0) is 17.8 Å². The first-order chi connectivity index (χ1) is 13.5. The van der Waals surface area contributed by atoms with Crippen molar-refractivity contribution in [2.24, 2.45) is 0 Å². The van der Waals surface area contributed by atoms with E-state index in [9.17, 15) is 9.59 Å². The minimum atomic E-state index is -0.955. The van der Waals surface area contributed by atoms with Gasteiger partial charge in [-0.15, -0.1) is 0 Å². The number of methoxy groups -OCH3 is 1. The van der Waals surface area contributed by atoms with Crippen molar-refractivity contribution in [1.82, 2.24) is 5.32 Å². The van der Waals surface area contributed by atoms with Crippen LogP contribution in [0, 0.1) is 6.92 Å². The van der Waals surface area contributed by atoms with Crippen molar-refractivity contribution in [3.8, 4) is 5.75 Å². The summed E-state index contributed by atoms with van der Waals surface area (Å²) in [6, 6.07) is 12.7. The van der Waals surface area contributed by atoms with Crippen molar-refractivity contribution in [3.63, 3.8) is 0 Å². The molecule has 0 heterocycles. The van der Waals surface area contributed by atoms with Crippen LogP contribution < -0.4 is 10.1 Å². The molecule has 0 saturated heterocycles. The van der Waals surface area contributed by atoms with Gasteiger partial charge >= 0.3 is 5.97 Å². The number of allylic oxidation sites excluding steroid dienone is 1. The molecule has 0 atom stereocenters. The summed E-state index contributed by atoms with van der Waals surface area (Å²) in [6.45, 7) is 2.42. The molecule has 5 heteroatoms. The Bertz CT molecular complexity index is 913. The number of benzene rings is 2. The van der Waals surface area contributed by atoms with Crippen molar-refractivity contribution in [2.45, 2.75) is 39.2 Å². The highest BCUT2D eigenvalue weighted by Gasteiger charge is 2.21. The van der Waals surface area contributed by atoms with Gasteiger partial charge in [0.25, 0.3) is 0 Å². The molecule has 0 aromatic heterocycles. The van der Waals surface area contributed by atoms with Gasteiger partial charge in [0.15, 0.2) is 0 Å². The second-order valence-electron chi connectivity index (χ2n) is 7.16. The topological polar surface area (TPSA) is 75.6 Å². The largest absolute Gasteiger partial charge is 0.497 e. The molecule has 0 saturated carbocycles. The monoisotopic (exact) mass is 379 g/mol. The van der Waals surface area contributed by atoms with E-state index in [1.54, 1.807) is 31.4 Å². The molecule has 2 aromatic carbocycles. The highest BCUT2D eigenvalue weighted by Crippen LogP contribution is 2.30. The summed E-state index contributed by atoms with van der Waals surface area (Å²) >= 11 is 0. The quantitative estimate of drug-likeness (QED) is 0.761. The van der Waals surface area contributed by atoms with Crippen LogP contribution >= 0.6 is 0 Å². The van der Waals surface area contributed by atoms with Crippen LogP contribution in [-0.4, -0.2) is 24.1 Å². The molecule has 1 aliphatic carbocycles. The summed E-state index contributed by atoms with van der Waals surface area (Å²) in [5, 5.41) is 11.9. The average Bonchev–Trinajstić information content (AvgIpc) is 3.14. The van der Waals surface area contributed by atoms with E-state index in [0.29, 0.717) is 6.54 Å². The zero-order chi connectivity index (χ0) is 20.1. The van der Waals surface area contributed by atoms with Gasteiger partial charge in [0, 0.05) is 12.1 Å². The highest BCUT2D eigenvalue weighted by molar-refractivity contribution is 5.94. The fraction of sp³-hybridized carbons (Fsp3) is 0.304. The van der Waals surface area contributed by atoms with Crippen LogP contribution in [0.15, 0.2) is 53.6 Å². The van der Waals surface area contributed by atoms with Gasteiger partial charge in [-0.2, -0.15) is 0 Å². The molecule has 2 N–H and O–H groups in total. The number of ether oxygens (including phenoxy) is 1. The second-order valence-corrected chi connectivity index (χ2v) is 7.16. The van der Waals surface area contributed by atoms with Gasteiger partial charge in [-0.3, -0.25) is 4.79 Å². The molecule has 146 valence electrons. The Morgan fingerprint density at radius 3 is 2.50 bits per heavy atom. The maximum Gasteiger partial charge on any atom is 0.335 e. The van der Waals surface area contributed by atoms with Crippen molar-refractivity contribution in [1.29, 1.82) is 0 Å². The molecule has 5 nitrogen and oxygen atoms in total. The summed E-state index contributed by atoms with van der Waals surface area (Å²) in [5.41, 5.74) is 5.48. The van der Waals surface area contributed by atoms with Crippen molar-refractivity contribution < 1.29 is 19.4 Å². The first-order valence-electron chi connectivity index (χ1n) is 9.42. The Labute approximate surface area is 165 Å². The van der Waals surface area contributed by atoms with E-state index in [1.165, 1.54) is 5.57 Å². The van der Waals surface area contributed by atoms with Crippen LogP contribution in [0.5, 0.6) is 5.75 Å². The van der Waals surface area contributed by atoms with E-state index < -0.39 is 5.97 Å². The van der Waals surface area contributed by atoms with E-state index in [0.717, 1.165) is 53.7 Å². The number of aryl methyl sites for hydroxylation is 1. The lowest BCUT2D eigenvalue weighted by Crippen LogP contribution is -2.24. The number of amides is 1. The third kappa shape index (κ3) is 4.80. The molecule has 0 fully saturated rings. The van der Waals surface area contributed by atoms with Crippen LogP contribution in [0.3, 0.4) is 0 Å². The maximum atomic E-state index is 12.7. The second kappa shape index (κ2) is 8.74. The number of carboxylic acids is 1. The average molecular weight is 379 g/mol. The summed E-state index contributed by atoms with van der Waals surface area (Å²) < 4.78 is 5.35. The molecule has 3 rings (SSSR count). The lowest BCUT2D eigenvalue weighted by atomic mass is 9.99.